The molecule has 112 valence electrons. The molecule has 2 aromatic rings. The summed E-state index contributed by atoms with van der Waals surface area (Å²) in [5, 5.41) is 3.53. The molecule has 2 rings (SSSR count). The van der Waals surface area contributed by atoms with Crippen molar-refractivity contribution in [2.45, 2.75) is 13.8 Å². The van der Waals surface area contributed by atoms with Gasteiger partial charge in [0.05, 0.1) is 19.2 Å². The van der Waals surface area contributed by atoms with Crippen LogP contribution < -0.4 is 14.8 Å². The lowest BCUT2D eigenvalue weighted by molar-refractivity contribution is 0.355. The fraction of sp³-hybridized carbons (Fsp3) is 0.333. The highest BCUT2D eigenvalue weighted by atomic mass is 35.5. The van der Waals surface area contributed by atoms with Crippen molar-refractivity contribution < 1.29 is 9.47 Å². The van der Waals surface area contributed by atoms with Crippen LogP contribution in [0.25, 0.3) is 11.4 Å². The summed E-state index contributed by atoms with van der Waals surface area (Å²) < 4.78 is 10.5. The van der Waals surface area contributed by atoms with E-state index in [-0.39, 0.29) is 0 Å². The van der Waals surface area contributed by atoms with Gasteiger partial charge in [0, 0.05) is 23.9 Å². The average molecular weight is 308 g/mol. The van der Waals surface area contributed by atoms with Crippen LogP contribution in [-0.2, 0) is 0 Å². The number of aromatic nitrogens is 2. The van der Waals surface area contributed by atoms with Gasteiger partial charge in [0.15, 0.2) is 17.3 Å². The van der Waals surface area contributed by atoms with E-state index >= 15 is 0 Å². The van der Waals surface area contributed by atoms with E-state index in [1.807, 2.05) is 27.0 Å². The second kappa shape index (κ2) is 6.18. The van der Waals surface area contributed by atoms with Crippen molar-refractivity contribution in [2.75, 3.05) is 26.6 Å². The number of rotatable bonds is 4. The Hall–Kier alpha value is -2.01. The largest absolute Gasteiger partial charge is 0.493 e. The van der Waals surface area contributed by atoms with Gasteiger partial charge in [-0.1, -0.05) is 11.6 Å². The van der Waals surface area contributed by atoms with Crippen LogP contribution in [0, 0.1) is 13.8 Å². The molecule has 1 aromatic carbocycles. The Morgan fingerprint density at radius 2 is 1.81 bits per heavy atom. The summed E-state index contributed by atoms with van der Waals surface area (Å²) in [6.45, 7) is 3.93. The minimum Gasteiger partial charge on any atom is -0.493 e. The quantitative estimate of drug-likeness (QED) is 0.937. The first-order valence-corrected chi connectivity index (χ1v) is 6.84. The summed E-state index contributed by atoms with van der Waals surface area (Å²) in [6.07, 6.45) is 0. The Labute approximate surface area is 129 Å². The Morgan fingerprint density at radius 1 is 1.10 bits per heavy atom. The molecule has 5 nitrogen and oxygen atoms in total. The van der Waals surface area contributed by atoms with Crippen LogP contribution in [-0.4, -0.2) is 31.2 Å². The summed E-state index contributed by atoms with van der Waals surface area (Å²) in [6, 6.07) is 3.58. The molecule has 0 spiro atoms. The smallest absolute Gasteiger partial charge is 0.179 e. The fourth-order valence-electron chi connectivity index (χ4n) is 2.05. The van der Waals surface area contributed by atoms with Gasteiger partial charge in [0.2, 0.25) is 0 Å². The van der Waals surface area contributed by atoms with E-state index < -0.39 is 0 Å². The lowest BCUT2D eigenvalue weighted by Crippen LogP contribution is -2.03. The van der Waals surface area contributed by atoms with Crippen LogP contribution in [0.5, 0.6) is 11.5 Å². The molecule has 6 heteroatoms. The Kier molecular flexibility index (Phi) is 4.53. The van der Waals surface area contributed by atoms with Crippen LogP contribution in [0.3, 0.4) is 0 Å². The van der Waals surface area contributed by atoms with Crippen molar-refractivity contribution in [1.29, 1.82) is 0 Å². The maximum absolute atomic E-state index is 6.23. The summed E-state index contributed by atoms with van der Waals surface area (Å²) in [4.78, 5) is 9.03. The number of nitrogens with one attached hydrogen (secondary N) is 1. The first kappa shape index (κ1) is 15.4. The highest BCUT2D eigenvalue weighted by Gasteiger charge is 2.15. The summed E-state index contributed by atoms with van der Waals surface area (Å²) >= 11 is 6.23. The highest BCUT2D eigenvalue weighted by Crippen LogP contribution is 2.38. The third kappa shape index (κ3) is 2.88. The topological polar surface area (TPSA) is 56.3 Å². The first-order chi connectivity index (χ1) is 10.0. The molecule has 0 saturated carbocycles. The predicted molar refractivity (Wildman–Crippen MR) is 84.6 cm³/mol. The second-order valence-corrected chi connectivity index (χ2v) is 4.96. The second-order valence-electron chi connectivity index (χ2n) is 4.55. The van der Waals surface area contributed by atoms with E-state index in [0.717, 1.165) is 22.6 Å². The normalized spacial score (nSPS) is 10.4. The number of nitrogens with zero attached hydrogens (tertiary/aromatic N) is 2. The molecule has 0 aliphatic rings. The predicted octanol–water partition coefficient (Wildman–Crippen LogP) is 3.47. The van der Waals surface area contributed by atoms with Gasteiger partial charge < -0.3 is 14.8 Å². The third-order valence-electron chi connectivity index (χ3n) is 3.32. The van der Waals surface area contributed by atoms with E-state index in [2.05, 4.69) is 15.3 Å². The summed E-state index contributed by atoms with van der Waals surface area (Å²) in [5.74, 6) is 2.43. The molecule has 0 fully saturated rings. The molecule has 0 aliphatic heterocycles. The van der Waals surface area contributed by atoms with E-state index in [1.165, 1.54) is 0 Å². The van der Waals surface area contributed by atoms with E-state index in [1.54, 1.807) is 20.3 Å². The molecule has 0 radical (unpaired) electrons. The summed E-state index contributed by atoms with van der Waals surface area (Å²) in [7, 11) is 4.95. The molecule has 0 saturated heterocycles. The third-order valence-corrected chi connectivity index (χ3v) is 3.60. The minimum atomic E-state index is 0.458. The Balaban J connectivity index is 2.62. The van der Waals surface area contributed by atoms with Crippen molar-refractivity contribution in [3.8, 4) is 22.9 Å². The number of ether oxygens (including phenoxy) is 2. The van der Waals surface area contributed by atoms with Gasteiger partial charge in [-0.2, -0.15) is 0 Å². The monoisotopic (exact) mass is 307 g/mol. The molecule has 0 atom stereocenters. The van der Waals surface area contributed by atoms with Gasteiger partial charge in [-0.05, 0) is 26.0 Å². The SMILES string of the molecule is CNc1nc(-c2cc(Cl)c(OC)c(OC)c2)nc(C)c1C. The molecule has 1 N–H and O–H groups in total. The molecule has 0 amide bonds. The number of hydrogen-bond acceptors (Lipinski definition) is 5. The van der Waals surface area contributed by atoms with Gasteiger partial charge >= 0.3 is 0 Å². The van der Waals surface area contributed by atoms with Gasteiger partial charge in [-0.25, -0.2) is 9.97 Å². The number of methoxy groups -OCH3 is 2. The van der Waals surface area contributed by atoms with Crippen LogP contribution in [0.2, 0.25) is 5.02 Å². The van der Waals surface area contributed by atoms with Crippen molar-refractivity contribution in [3.05, 3.63) is 28.4 Å². The number of aryl methyl sites for hydroxylation is 1. The van der Waals surface area contributed by atoms with E-state index in [9.17, 15) is 0 Å². The van der Waals surface area contributed by atoms with Gasteiger partial charge in [0.1, 0.15) is 5.82 Å². The Morgan fingerprint density at radius 3 is 2.38 bits per heavy atom. The molecular weight excluding hydrogens is 290 g/mol. The molecule has 21 heavy (non-hydrogen) atoms. The molecule has 0 aliphatic carbocycles. The van der Waals surface area contributed by atoms with E-state index in [0.29, 0.717) is 22.3 Å². The van der Waals surface area contributed by atoms with Crippen molar-refractivity contribution >= 4 is 17.4 Å². The van der Waals surface area contributed by atoms with Crippen LogP contribution in [0.4, 0.5) is 5.82 Å². The van der Waals surface area contributed by atoms with Gasteiger partial charge in [-0.15, -0.1) is 0 Å². The van der Waals surface area contributed by atoms with Gasteiger partial charge in [-0.3, -0.25) is 0 Å². The molecule has 1 heterocycles. The van der Waals surface area contributed by atoms with Crippen LogP contribution in [0.15, 0.2) is 12.1 Å². The standard InChI is InChI=1S/C15H18ClN3O2/c1-8-9(2)18-15(19-14(8)17-3)10-6-11(16)13(21-5)12(7-10)20-4/h6-7H,1-5H3,(H,17,18,19). The molecule has 0 unspecified atom stereocenters. The number of benzene rings is 1. The zero-order valence-electron chi connectivity index (χ0n) is 12.7. The van der Waals surface area contributed by atoms with Crippen molar-refractivity contribution in [2.24, 2.45) is 0 Å². The minimum absolute atomic E-state index is 0.458. The van der Waals surface area contributed by atoms with Crippen molar-refractivity contribution in [3.63, 3.8) is 0 Å². The van der Waals surface area contributed by atoms with Crippen molar-refractivity contribution in [1.82, 2.24) is 9.97 Å². The fourth-order valence-corrected chi connectivity index (χ4v) is 2.34. The average Bonchev–Trinajstić information content (AvgIpc) is 2.48. The lowest BCUT2D eigenvalue weighted by Gasteiger charge is -2.13. The lowest BCUT2D eigenvalue weighted by atomic mass is 10.1. The first-order valence-electron chi connectivity index (χ1n) is 6.46. The zero-order valence-corrected chi connectivity index (χ0v) is 13.5. The number of halogens is 1. The van der Waals surface area contributed by atoms with Crippen LogP contribution >= 0.6 is 11.6 Å². The molecule has 0 bridgehead atoms. The Bertz CT molecular complexity index is 674. The maximum atomic E-state index is 6.23. The highest BCUT2D eigenvalue weighted by molar-refractivity contribution is 6.32. The molecule has 1 aromatic heterocycles. The number of hydrogen-bond donors (Lipinski definition) is 1. The van der Waals surface area contributed by atoms with E-state index in [4.69, 9.17) is 21.1 Å². The van der Waals surface area contributed by atoms with Gasteiger partial charge in [0.25, 0.3) is 0 Å². The summed E-state index contributed by atoms with van der Waals surface area (Å²) in [5.41, 5.74) is 2.71. The zero-order chi connectivity index (χ0) is 15.6. The molecular formula is C15H18ClN3O2. The van der Waals surface area contributed by atoms with Crippen LogP contribution in [0.1, 0.15) is 11.3 Å². The number of anilines is 1. The maximum Gasteiger partial charge on any atom is 0.179 e.